The highest BCUT2D eigenvalue weighted by Crippen LogP contribution is 2.44. The SMILES string of the molecule is c1cc(-c2ccc3c(c2)sc2ccccc23)cc(N(c2ccc3oc4ccccc4c3c2)c2ccccc2-c2ccc3ccccc3c2)c1. The van der Waals surface area contributed by atoms with Crippen molar-refractivity contribution >= 4 is 81.3 Å². The van der Waals surface area contributed by atoms with Crippen molar-refractivity contribution in [2.45, 2.75) is 0 Å². The summed E-state index contributed by atoms with van der Waals surface area (Å²) in [6.45, 7) is 0. The number of para-hydroxylation sites is 2. The van der Waals surface area contributed by atoms with E-state index >= 15 is 0 Å². The molecule has 0 N–H and O–H groups in total. The van der Waals surface area contributed by atoms with Crippen molar-refractivity contribution < 1.29 is 4.42 Å². The molecule has 0 aliphatic heterocycles. The van der Waals surface area contributed by atoms with E-state index in [-0.39, 0.29) is 0 Å². The van der Waals surface area contributed by atoms with Gasteiger partial charge in [0.05, 0.1) is 5.69 Å². The number of hydrogen-bond acceptors (Lipinski definition) is 3. The predicted molar refractivity (Wildman–Crippen MR) is 210 cm³/mol. The van der Waals surface area contributed by atoms with Crippen LogP contribution in [0.4, 0.5) is 17.1 Å². The smallest absolute Gasteiger partial charge is 0.135 e. The number of furan rings is 1. The number of hydrogen-bond donors (Lipinski definition) is 0. The van der Waals surface area contributed by atoms with Crippen LogP contribution in [-0.4, -0.2) is 0 Å². The summed E-state index contributed by atoms with van der Waals surface area (Å²) in [5.41, 5.74) is 9.80. The van der Waals surface area contributed by atoms with Gasteiger partial charge in [-0.15, -0.1) is 11.3 Å². The summed E-state index contributed by atoms with van der Waals surface area (Å²) in [6.07, 6.45) is 0. The van der Waals surface area contributed by atoms with E-state index < -0.39 is 0 Å². The highest BCUT2D eigenvalue weighted by atomic mass is 32.1. The van der Waals surface area contributed by atoms with Crippen LogP contribution in [0.2, 0.25) is 0 Å². The van der Waals surface area contributed by atoms with Gasteiger partial charge in [-0.3, -0.25) is 0 Å². The molecule has 0 bridgehead atoms. The molecule has 0 saturated carbocycles. The van der Waals surface area contributed by atoms with Crippen LogP contribution in [0.3, 0.4) is 0 Å². The van der Waals surface area contributed by atoms with Crippen LogP contribution in [-0.2, 0) is 0 Å². The molecule has 0 aliphatic carbocycles. The van der Waals surface area contributed by atoms with Gasteiger partial charge >= 0.3 is 0 Å². The predicted octanol–water partition coefficient (Wildman–Crippen LogP) is 13.9. The quantitative estimate of drug-likeness (QED) is 0.186. The van der Waals surface area contributed by atoms with E-state index in [0.29, 0.717) is 0 Å². The average molecular weight is 644 g/mol. The molecule has 0 atom stereocenters. The number of benzene rings is 8. The van der Waals surface area contributed by atoms with Crippen LogP contribution in [0.5, 0.6) is 0 Å². The van der Waals surface area contributed by atoms with E-state index in [1.54, 1.807) is 0 Å². The van der Waals surface area contributed by atoms with Gasteiger partial charge in [-0.1, -0.05) is 115 Å². The van der Waals surface area contributed by atoms with Crippen LogP contribution in [0.25, 0.3) is 75.1 Å². The van der Waals surface area contributed by atoms with Crippen molar-refractivity contribution in [1.29, 1.82) is 0 Å². The first-order valence-electron chi connectivity index (χ1n) is 16.6. The van der Waals surface area contributed by atoms with E-state index in [4.69, 9.17) is 4.42 Å². The van der Waals surface area contributed by atoms with Crippen molar-refractivity contribution in [3.8, 4) is 22.3 Å². The lowest BCUT2D eigenvalue weighted by molar-refractivity contribution is 0.669. The standard InChI is InChI=1S/C46H29NOS/c1-2-11-31-26-34(21-20-30(31)10-1)37-14-3-6-17-42(37)47(36-23-25-44-41(29-36)38-15-4-7-18-43(38)48-44)35-13-9-12-32(27-35)33-22-24-40-39-16-5-8-19-45(39)49-46(40)28-33/h1-29H. The zero-order valence-electron chi connectivity index (χ0n) is 26.5. The lowest BCUT2D eigenvalue weighted by Gasteiger charge is -2.28. The lowest BCUT2D eigenvalue weighted by atomic mass is 9.98. The van der Waals surface area contributed by atoms with Crippen LogP contribution >= 0.6 is 11.3 Å². The first-order valence-corrected chi connectivity index (χ1v) is 17.4. The summed E-state index contributed by atoms with van der Waals surface area (Å²) >= 11 is 1.86. The molecule has 0 unspecified atom stereocenters. The van der Waals surface area contributed by atoms with Crippen molar-refractivity contribution in [3.63, 3.8) is 0 Å². The first-order chi connectivity index (χ1) is 24.3. The fourth-order valence-electron chi connectivity index (χ4n) is 7.28. The van der Waals surface area contributed by atoms with Crippen molar-refractivity contribution in [2.24, 2.45) is 0 Å². The molecule has 2 heterocycles. The molecule has 49 heavy (non-hydrogen) atoms. The third-order valence-corrected chi connectivity index (χ3v) is 10.8. The Hall–Kier alpha value is -6.16. The third kappa shape index (κ3) is 4.70. The van der Waals surface area contributed by atoms with Gasteiger partial charge in [0.15, 0.2) is 0 Å². The van der Waals surface area contributed by atoms with Gasteiger partial charge in [0.1, 0.15) is 11.2 Å². The molecule has 10 rings (SSSR count). The topological polar surface area (TPSA) is 16.4 Å². The molecule has 0 radical (unpaired) electrons. The molecule has 0 spiro atoms. The second-order valence-corrected chi connectivity index (χ2v) is 13.6. The Labute approximate surface area is 287 Å². The fourth-order valence-corrected chi connectivity index (χ4v) is 8.43. The normalized spacial score (nSPS) is 11.7. The van der Waals surface area contributed by atoms with E-state index in [2.05, 4.69) is 169 Å². The second kappa shape index (κ2) is 11.2. The maximum atomic E-state index is 6.25. The van der Waals surface area contributed by atoms with E-state index in [1.807, 2.05) is 23.5 Å². The molecule has 230 valence electrons. The van der Waals surface area contributed by atoms with Gasteiger partial charge in [-0.05, 0) is 88.1 Å². The summed E-state index contributed by atoms with van der Waals surface area (Å²) in [6, 6.07) is 63.4. The molecule has 0 saturated heterocycles. The fraction of sp³-hybridized carbons (Fsp3) is 0. The Morgan fingerprint density at radius 2 is 1.10 bits per heavy atom. The Morgan fingerprint density at radius 3 is 2.06 bits per heavy atom. The van der Waals surface area contributed by atoms with Crippen molar-refractivity contribution in [2.75, 3.05) is 4.90 Å². The highest BCUT2D eigenvalue weighted by molar-refractivity contribution is 7.25. The van der Waals surface area contributed by atoms with Gasteiger partial charge in [0.25, 0.3) is 0 Å². The van der Waals surface area contributed by atoms with E-state index in [1.165, 1.54) is 53.2 Å². The minimum Gasteiger partial charge on any atom is -0.456 e. The second-order valence-electron chi connectivity index (χ2n) is 12.6. The summed E-state index contributed by atoms with van der Waals surface area (Å²) in [4.78, 5) is 2.40. The molecular formula is C46H29NOS. The van der Waals surface area contributed by atoms with Crippen LogP contribution in [0, 0.1) is 0 Å². The van der Waals surface area contributed by atoms with Crippen molar-refractivity contribution in [1.82, 2.24) is 0 Å². The zero-order valence-corrected chi connectivity index (χ0v) is 27.3. The Kier molecular flexibility index (Phi) is 6.39. The number of anilines is 3. The molecule has 0 fully saturated rings. The molecule has 2 aromatic heterocycles. The molecule has 2 nitrogen and oxygen atoms in total. The number of fused-ring (bicyclic) bond motifs is 7. The van der Waals surface area contributed by atoms with Gasteiger partial charge in [0, 0.05) is 47.9 Å². The minimum atomic E-state index is 0.887. The Morgan fingerprint density at radius 1 is 0.388 bits per heavy atom. The lowest BCUT2D eigenvalue weighted by Crippen LogP contribution is -2.11. The van der Waals surface area contributed by atoms with Gasteiger partial charge < -0.3 is 9.32 Å². The van der Waals surface area contributed by atoms with Crippen molar-refractivity contribution in [3.05, 3.63) is 176 Å². The number of nitrogens with zero attached hydrogens (tertiary/aromatic N) is 1. The minimum absolute atomic E-state index is 0.887. The van der Waals surface area contributed by atoms with Gasteiger partial charge in [-0.25, -0.2) is 0 Å². The summed E-state index contributed by atoms with van der Waals surface area (Å²) < 4.78 is 8.88. The zero-order chi connectivity index (χ0) is 32.3. The monoisotopic (exact) mass is 643 g/mol. The summed E-state index contributed by atoms with van der Waals surface area (Å²) in [5, 5.41) is 7.32. The van der Waals surface area contributed by atoms with Crippen LogP contribution in [0.1, 0.15) is 0 Å². The molecule has 0 amide bonds. The van der Waals surface area contributed by atoms with Crippen LogP contribution in [0.15, 0.2) is 180 Å². The molecule has 8 aromatic carbocycles. The third-order valence-electron chi connectivity index (χ3n) is 9.64. The number of thiophene rings is 1. The highest BCUT2D eigenvalue weighted by Gasteiger charge is 2.20. The molecule has 10 aromatic rings. The summed E-state index contributed by atoms with van der Waals surface area (Å²) in [7, 11) is 0. The van der Waals surface area contributed by atoms with Gasteiger partial charge in [0.2, 0.25) is 0 Å². The van der Waals surface area contributed by atoms with E-state index in [0.717, 1.165) is 39.0 Å². The van der Waals surface area contributed by atoms with E-state index in [9.17, 15) is 0 Å². The molecule has 3 heteroatoms. The average Bonchev–Trinajstić information content (AvgIpc) is 3.73. The first kappa shape index (κ1) is 27.9. The molecule has 0 aliphatic rings. The Bertz CT molecular complexity index is 2860. The largest absolute Gasteiger partial charge is 0.456 e. The maximum Gasteiger partial charge on any atom is 0.135 e. The Balaban J connectivity index is 1.17. The van der Waals surface area contributed by atoms with Gasteiger partial charge in [-0.2, -0.15) is 0 Å². The number of rotatable bonds is 5. The molecular weight excluding hydrogens is 615 g/mol. The summed E-state index contributed by atoms with van der Waals surface area (Å²) in [5.74, 6) is 0. The van der Waals surface area contributed by atoms with Crippen LogP contribution < -0.4 is 4.90 Å². The maximum absolute atomic E-state index is 6.25.